The molecule has 0 radical (unpaired) electrons. The number of halogens is 1. The molecule has 2 fully saturated rings. The fourth-order valence-corrected chi connectivity index (χ4v) is 4.12. The molecule has 4 rings (SSSR count). The molecule has 162 valence electrons. The Kier molecular flexibility index (Phi) is 6.34. The van der Waals surface area contributed by atoms with Gasteiger partial charge in [0.25, 0.3) is 0 Å². The number of nitrogens with one attached hydrogen (secondary N) is 1. The van der Waals surface area contributed by atoms with Gasteiger partial charge < -0.3 is 19.4 Å². The molecular weight excluding hydrogens is 387 g/mol. The minimum atomic E-state index is -0.295. The second-order valence-electron chi connectivity index (χ2n) is 8.15. The zero-order valence-corrected chi connectivity index (χ0v) is 17.6. The Morgan fingerprint density at radius 3 is 2.63 bits per heavy atom. The zero-order chi connectivity index (χ0) is 21.1. The number of ether oxygens (including phenoxy) is 2. The van der Waals surface area contributed by atoms with Gasteiger partial charge in [0.15, 0.2) is 0 Å². The molecule has 1 amide bonds. The van der Waals surface area contributed by atoms with Crippen molar-refractivity contribution in [3.63, 3.8) is 0 Å². The van der Waals surface area contributed by atoms with Gasteiger partial charge in [-0.25, -0.2) is 9.37 Å². The third kappa shape index (κ3) is 4.99. The molecule has 2 aliphatic heterocycles. The average Bonchev–Trinajstić information content (AvgIpc) is 3.06. The summed E-state index contributed by atoms with van der Waals surface area (Å²) in [7, 11) is 0. The summed E-state index contributed by atoms with van der Waals surface area (Å²) in [5.74, 6) is 1.35. The SMILES string of the molecule is Cc1nc(CN2CCC(N3C[C@H](COc4ccc(F)cc4)OCC3=O)CC2)[nH]c1C. The van der Waals surface area contributed by atoms with E-state index in [1.807, 2.05) is 18.7 Å². The van der Waals surface area contributed by atoms with E-state index in [4.69, 9.17) is 9.47 Å². The molecule has 0 unspecified atom stereocenters. The van der Waals surface area contributed by atoms with Crippen molar-refractivity contribution in [2.45, 2.75) is 45.4 Å². The summed E-state index contributed by atoms with van der Waals surface area (Å²) < 4.78 is 24.4. The number of carbonyl (C=O) groups is 1. The van der Waals surface area contributed by atoms with E-state index in [1.54, 1.807) is 12.1 Å². The van der Waals surface area contributed by atoms with Crippen molar-refractivity contribution in [2.75, 3.05) is 32.8 Å². The van der Waals surface area contributed by atoms with Gasteiger partial charge in [-0.05, 0) is 51.0 Å². The maximum atomic E-state index is 13.0. The smallest absolute Gasteiger partial charge is 0.248 e. The number of imidazole rings is 1. The molecule has 8 heteroatoms. The number of hydrogen-bond acceptors (Lipinski definition) is 5. The van der Waals surface area contributed by atoms with Crippen molar-refractivity contribution in [1.29, 1.82) is 0 Å². The maximum absolute atomic E-state index is 13.0. The van der Waals surface area contributed by atoms with Crippen LogP contribution < -0.4 is 4.74 Å². The molecule has 2 aromatic rings. The predicted octanol–water partition coefficient (Wildman–Crippen LogP) is 2.44. The summed E-state index contributed by atoms with van der Waals surface area (Å²) >= 11 is 0. The van der Waals surface area contributed by atoms with Gasteiger partial charge in [-0.15, -0.1) is 0 Å². The number of nitrogens with zero attached hydrogens (tertiary/aromatic N) is 3. The first-order chi connectivity index (χ1) is 14.5. The van der Waals surface area contributed by atoms with Crippen LogP contribution >= 0.6 is 0 Å². The van der Waals surface area contributed by atoms with E-state index < -0.39 is 0 Å². The number of amides is 1. The molecule has 7 nitrogen and oxygen atoms in total. The minimum absolute atomic E-state index is 0.0452. The number of H-pyrrole nitrogens is 1. The number of rotatable bonds is 6. The monoisotopic (exact) mass is 416 g/mol. The van der Waals surface area contributed by atoms with Crippen molar-refractivity contribution < 1.29 is 18.7 Å². The Bertz CT molecular complexity index is 842. The van der Waals surface area contributed by atoms with Crippen LogP contribution in [-0.4, -0.2) is 70.7 Å². The lowest BCUT2D eigenvalue weighted by Gasteiger charge is -2.42. The predicted molar refractivity (Wildman–Crippen MR) is 110 cm³/mol. The molecule has 2 saturated heterocycles. The highest BCUT2D eigenvalue weighted by Crippen LogP contribution is 2.22. The normalized spacial score (nSPS) is 21.2. The molecule has 0 bridgehead atoms. The number of aromatic nitrogens is 2. The van der Waals surface area contributed by atoms with Crippen LogP contribution in [0.4, 0.5) is 4.39 Å². The van der Waals surface area contributed by atoms with Crippen LogP contribution in [0.5, 0.6) is 5.75 Å². The second kappa shape index (κ2) is 9.14. The summed E-state index contributed by atoms with van der Waals surface area (Å²) in [5.41, 5.74) is 2.17. The Morgan fingerprint density at radius 2 is 1.97 bits per heavy atom. The van der Waals surface area contributed by atoms with E-state index in [1.165, 1.54) is 12.1 Å². The largest absolute Gasteiger partial charge is 0.491 e. The van der Waals surface area contributed by atoms with E-state index in [0.717, 1.165) is 49.7 Å². The molecule has 0 spiro atoms. The molecule has 0 saturated carbocycles. The van der Waals surface area contributed by atoms with E-state index >= 15 is 0 Å². The summed E-state index contributed by atoms with van der Waals surface area (Å²) in [4.78, 5) is 24.7. The first-order valence-electron chi connectivity index (χ1n) is 10.5. The standard InChI is InChI=1S/C22H29FN4O3/c1-15-16(2)25-21(24-15)12-26-9-7-18(8-10-26)27-11-20(30-14-22(27)28)13-29-19-5-3-17(23)4-6-19/h3-6,18,20H,7-14H2,1-2H3,(H,24,25)/t20-/m1/s1. The highest BCUT2D eigenvalue weighted by molar-refractivity contribution is 5.78. The topological polar surface area (TPSA) is 70.7 Å². The lowest BCUT2D eigenvalue weighted by Crippen LogP contribution is -2.55. The van der Waals surface area contributed by atoms with Crippen molar-refractivity contribution in [2.24, 2.45) is 0 Å². The number of morpholine rings is 1. The van der Waals surface area contributed by atoms with Crippen LogP contribution in [0.25, 0.3) is 0 Å². The molecule has 1 N–H and O–H groups in total. The first kappa shape index (κ1) is 20.8. The van der Waals surface area contributed by atoms with Crippen molar-refractivity contribution in [3.8, 4) is 5.75 Å². The Balaban J connectivity index is 1.26. The third-order valence-electron chi connectivity index (χ3n) is 5.96. The number of hydrogen-bond donors (Lipinski definition) is 1. The van der Waals surface area contributed by atoms with Crippen LogP contribution in [0.1, 0.15) is 30.1 Å². The van der Waals surface area contributed by atoms with Crippen molar-refractivity contribution in [1.82, 2.24) is 19.8 Å². The average molecular weight is 416 g/mol. The summed E-state index contributed by atoms with van der Waals surface area (Å²) in [6.45, 7) is 7.69. The van der Waals surface area contributed by atoms with Gasteiger partial charge in [0.2, 0.25) is 5.91 Å². The van der Waals surface area contributed by atoms with E-state index in [-0.39, 0.29) is 30.5 Å². The third-order valence-corrected chi connectivity index (χ3v) is 5.96. The fraction of sp³-hybridized carbons (Fsp3) is 0.545. The lowest BCUT2D eigenvalue weighted by atomic mass is 10.0. The number of benzene rings is 1. The zero-order valence-electron chi connectivity index (χ0n) is 17.6. The van der Waals surface area contributed by atoms with Gasteiger partial charge in [0.1, 0.15) is 36.7 Å². The number of carbonyl (C=O) groups excluding carboxylic acids is 1. The van der Waals surface area contributed by atoms with E-state index in [0.29, 0.717) is 18.9 Å². The Morgan fingerprint density at radius 1 is 1.23 bits per heavy atom. The quantitative estimate of drug-likeness (QED) is 0.783. The summed E-state index contributed by atoms with van der Waals surface area (Å²) in [5, 5.41) is 0. The van der Waals surface area contributed by atoms with Gasteiger partial charge in [0.05, 0.1) is 18.8 Å². The lowest BCUT2D eigenvalue weighted by molar-refractivity contribution is -0.155. The summed E-state index contributed by atoms with van der Waals surface area (Å²) in [6.07, 6.45) is 1.70. The molecule has 30 heavy (non-hydrogen) atoms. The molecule has 1 atom stereocenters. The van der Waals surface area contributed by atoms with Crippen LogP contribution in [0.15, 0.2) is 24.3 Å². The number of likely N-dealkylation sites (tertiary alicyclic amines) is 1. The van der Waals surface area contributed by atoms with Gasteiger partial charge in [-0.3, -0.25) is 9.69 Å². The number of aromatic amines is 1. The van der Waals surface area contributed by atoms with Gasteiger partial charge in [-0.1, -0.05) is 0 Å². The van der Waals surface area contributed by atoms with Crippen LogP contribution in [0.2, 0.25) is 0 Å². The highest BCUT2D eigenvalue weighted by Gasteiger charge is 2.34. The minimum Gasteiger partial charge on any atom is -0.491 e. The molecule has 1 aromatic heterocycles. The number of piperidine rings is 1. The molecular formula is C22H29FN4O3. The van der Waals surface area contributed by atoms with E-state index in [9.17, 15) is 9.18 Å². The van der Waals surface area contributed by atoms with Crippen LogP contribution in [0.3, 0.4) is 0 Å². The Hall–Kier alpha value is -2.45. The van der Waals surface area contributed by atoms with Gasteiger partial charge in [-0.2, -0.15) is 0 Å². The first-order valence-corrected chi connectivity index (χ1v) is 10.5. The van der Waals surface area contributed by atoms with Crippen LogP contribution in [0, 0.1) is 19.7 Å². The molecule has 1 aromatic carbocycles. The summed E-state index contributed by atoms with van der Waals surface area (Å²) in [6, 6.07) is 6.15. The molecule has 0 aliphatic carbocycles. The van der Waals surface area contributed by atoms with Crippen molar-refractivity contribution >= 4 is 5.91 Å². The molecule has 2 aliphatic rings. The van der Waals surface area contributed by atoms with Crippen molar-refractivity contribution in [3.05, 3.63) is 47.3 Å². The second-order valence-corrected chi connectivity index (χ2v) is 8.15. The van der Waals surface area contributed by atoms with Gasteiger partial charge in [0, 0.05) is 24.8 Å². The van der Waals surface area contributed by atoms with E-state index in [2.05, 4.69) is 14.9 Å². The van der Waals surface area contributed by atoms with Gasteiger partial charge >= 0.3 is 0 Å². The molecule has 3 heterocycles. The Labute approximate surface area is 176 Å². The van der Waals surface area contributed by atoms with Crippen LogP contribution in [-0.2, 0) is 16.1 Å². The fourth-order valence-electron chi connectivity index (χ4n) is 4.12. The highest BCUT2D eigenvalue weighted by atomic mass is 19.1. The number of aryl methyl sites for hydroxylation is 2. The maximum Gasteiger partial charge on any atom is 0.248 e.